The van der Waals surface area contributed by atoms with E-state index in [1.54, 1.807) is 23.0 Å². The summed E-state index contributed by atoms with van der Waals surface area (Å²) in [7, 11) is 0. The molecule has 1 fully saturated rings. The fraction of sp³-hybridized carbons (Fsp3) is 0.375. The summed E-state index contributed by atoms with van der Waals surface area (Å²) in [6.07, 6.45) is 4.80. The maximum Gasteiger partial charge on any atom is 0.272 e. The highest BCUT2D eigenvalue weighted by Gasteiger charge is 2.25. The van der Waals surface area contributed by atoms with Gasteiger partial charge in [0, 0.05) is 6.20 Å². The van der Waals surface area contributed by atoms with Crippen LogP contribution in [-0.2, 0) is 0 Å². The van der Waals surface area contributed by atoms with E-state index in [-0.39, 0.29) is 11.9 Å². The normalized spacial score (nSPS) is 21.5. The van der Waals surface area contributed by atoms with Crippen LogP contribution in [0.25, 0.3) is 5.69 Å². The molecule has 2 atom stereocenters. The van der Waals surface area contributed by atoms with Crippen LogP contribution in [-0.4, -0.2) is 32.9 Å². The van der Waals surface area contributed by atoms with E-state index in [0.29, 0.717) is 10.7 Å². The van der Waals surface area contributed by atoms with Crippen LogP contribution >= 0.6 is 11.6 Å². The molecule has 1 aromatic carbocycles. The number of halogens is 1. The average Bonchev–Trinajstić information content (AvgIpc) is 3.00. The highest BCUT2D eigenvalue weighted by atomic mass is 35.5. The predicted molar refractivity (Wildman–Crippen MR) is 84.3 cm³/mol. The second kappa shape index (κ2) is 6.50. The Kier molecular flexibility index (Phi) is 4.45. The number of aliphatic hydroxyl groups is 1. The first kappa shape index (κ1) is 15.1. The first-order valence-electron chi connectivity index (χ1n) is 7.44. The van der Waals surface area contributed by atoms with Crippen molar-refractivity contribution in [2.75, 3.05) is 0 Å². The molecule has 0 bridgehead atoms. The summed E-state index contributed by atoms with van der Waals surface area (Å²) in [5.74, 6) is -0.267. The van der Waals surface area contributed by atoms with Crippen molar-refractivity contribution in [2.45, 2.75) is 37.8 Å². The zero-order valence-electron chi connectivity index (χ0n) is 12.1. The molecule has 6 heteroatoms. The van der Waals surface area contributed by atoms with Crippen molar-refractivity contribution in [3.05, 3.63) is 47.2 Å². The third-order valence-electron chi connectivity index (χ3n) is 3.97. The summed E-state index contributed by atoms with van der Waals surface area (Å²) < 4.78 is 1.58. The van der Waals surface area contributed by atoms with Crippen LogP contribution in [0.3, 0.4) is 0 Å². The van der Waals surface area contributed by atoms with Crippen molar-refractivity contribution in [1.29, 1.82) is 0 Å². The molecule has 0 saturated heterocycles. The quantitative estimate of drug-likeness (QED) is 0.913. The summed E-state index contributed by atoms with van der Waals surface area (Å²) in [5.41, 5.74) is 1.04. The predicted octanol–water partition coefficient (Wildman–Crippen LogP) is 2.56. The monoisotopic (exact) mass is 319 g/mol. The molecule has 5 nitrogen and oxygen atoms in total. The maximum atomic E-state index is 12.3. The van der Waals surface area contributed by atoms with Crippen LogP contribution in [0.5, 0.6) is 0 Å². The Morgan fingerprint density at radius 1 is 1.27 bits per heavy atom. The average molecular weight is 320 g/mol. The molecule has 3 rings (SSSR count). The third-order valence-corrected chi connectivity index (χ3v) is 4.29. The summed E-state index contributed by atoms with van der Waals surface area (Å²) in [4.78, 5) is 12.3. The van der Waals surface area contributed by atoms with Crippen LogP contribution in [0, 0.1) is 0 Å². The Bertz CT molecular complexity index is 671. The molecule has 2 aromatic rings. The molecule has 1 aromatic heterocycles. The fourth-order valence-corrected chi connectivity index (χ4v) is 2.96. The minimum atomic E-state index is -0.469. The minimum Gasteiger partial charge on any atom is -0.391 e. The molecule has 1 amide bonds. The third kappa shape index (κ3) is 3.15. The smallest absolute Gasteiger partial charge is 0.272 e. The molecule has 2 unspecified atom stereocenters. The van der Waals surface area contributed by atoms with Crippen molar-refractivity contribution in [2.24, 2.45) is 0 Å². The lowest BCUT2D eigenvalue weighted by atomic mass is 9.92. The molecule has 116 valence electrons. The van der Waals surface area contributed by atoms with E-state index >= 15 is 0 Å². The van der Waals surface area contributed by atoms with E-state index in [1.165, 1.54) is 0 Å². The summed E-state index contributed by atoms with van der Waals surface area (Å²) in [6.45, 7) is 0. The second-order valence-electron chi connectivity index (χ2n) is 5.53. The van der Waals surface area contributed by atoms with Crippen LogP contribution in [0.4, 0.5) is 0 Å². The Morgan fingerprint density at radius 3 is 2.82 bits per heavy atom. The Labute approximate surface area is 133 Å². The van der Waals surface area contributed by atoms with Crippen molar-refractivity contribution in [3.8, 4) is 5.69 Å². The van der Waals surface area contributed by atoms with Gasteiger partial charge in [0.25, 0.3) is 5.91 Å². The van der Waals surface area contributed by atoms with E-state index in [2.05, 4.69) is 10.4 Å². The van der Waals surface area contributed by atoms with Gasteiger partial charge in [-0.3, -0.25) is 4.79 Å². The molecule has 1 aliphatic carbocycles. The zero-order valence-corrected chi connectivity index (χ0v) is 12.8. The van der Waals surface area contributed by atoms with Crippen LogP contribution in [0.1, 0.15) is 36.2 Å². The lowest BCUT2D eigenvalue weighted by Crippen LogP contribution is -2.45. The number of rotatable bonds is 3. The number of carbonyl (C=O) groups excluding carboxylic acids is 1. The van der Waals surface area contributed by atoms with Gasteiger partial charge in [-0.2, -0.15) is 5.10 Å². The molecule has 22 heavy (non-hydrogen) atoms. The van der Waals surface area contributed by atoms with Crippen LogP contribution < -0.4 is 5.32 Å². The highest BCUT2D eigenvalue weighted by molar-refractivity contribution is 6.32. The molecule has 0 radical (unpaired) electrons. The van der Waals surface area contributed by atoms with E-state index < -0.39 is 6.10 Å². The fourth-order valence-electron chi connectivity index (χ4n) is 2.74. The van der Waals surface area contributed by atoms with Crippen molar-refractivity contribution < 1.29 is 9.90 Å². The van der Waals surface area contributed by atoms with E-state index in [9.17, 15) is 9.90 Å². The van der Waals surface area contributed by atoms with Gasteiger partial charge in [-0.05, 0) is 31.0 Å². The lowest BCUT2D eigenvalue weighted by molar-refractivity contribution is 0.0713. The van der Waals surface area contributed by atoms with Gasteiger partial charge in [-0.15, -0.1) is 0 Å². The summed E-state index contributed by atoms with van der Waals surface area (Å²) >= 11 is 6.13. The van der Waals surface area contributed by atoms with Gasteiger partial charge in [-0.1, -0.05) is 36.6 Å². The molecule has 0 spiro atoms. The zero-order chi connectivity index (χ0) is 15.5. The van der Waals surface area contributed by atoms with Gasteiger partial charge in [0.1, 0.15) is 0 Å². The Balaban J connectivity index is 1.73. The summed E-state index contributed by atoms with van der Waals surface area (Å²) in [5, 5.41) is 17.6. The second-order valence-corrected chi connectivity index (χ2v) is 5.94. The van der Waals surface area contributed by atoms with Crippen molar-refractivity contribution >= 4 is 17.5 Å². The van der Waals surface area contributed by atoms with Crippen molar-refractivity contribution in [1.82, 2.24) is 15.1 Å². The molecular formula is C16H18ClN3O2. The van der Waals surface area contributed by atoms with Gasteiger partial charge in [-0.25, -0.2) is 4.68 Å². The number of aliphatic hydroxyl groups excluding tert-OH is 1. The van der Waals surface area contributed by atoms with Gasteiger partial charge in [0.05, 0.1) is 22.9 Å². The lowest BCUT2D eigenvalue weighted by Gasteiger charge is -2.27. The van der Waals surface area contributed by atoms with Gasteiger partial charge in [0.2, 0.25) is 0 Å². The van der Waals surface area contributed by atoms with E-state index in [4.69, 9.17) is 11.6 Å². The topological polar surface area (TPSA) is 67.2 Å². The molecule has 0 aliphatic heterocycles. The van der Waals surface area contributed by atoms with Gasteiger partial charge in [0.15, 0.2) is 5.69 Å². The number of amides is 1. The Hall–Kier alpha value is -1.85. The standard InChI is InChI=1S/C16H18ClN3O2/c17-11-5-1-3-7-14(11)20-10-9-13(19-20)16(22)18-12-6-2-4-8-15(12)21/h1,3,5,7,9-10,12,15,21H,2,4,6,8H2,(H,18,22). The van der Waals surface area contributed by atoms with E-state index in [0.717, 1.165) is 31.4 Å². The molecular weight excluding hydrogens is 302 g/mol. The van der Waals surface area contributed by atoms with E-state index in [1.807, 2.05) is 18.2 Å². The number of benzene rings is 1. The molecule has 2 N–H and O–H groups in total. The number of aromatic nitrogens is 2. The first-order valence-corrected chi connectivity index (χ1v) is 7.82. The maximum absolute atomic E-state index is 12.3. The molecule has 1 aliphatic rings. The van der Waals surface area contributed by atoms with Gasteiger partial charge >= 0.3 is 0 Å². The minimum absolute atomic E-state index is 0.188. The number of hydrogen-bond acceptors (Lipinski definition) is 3. The molecule has 1 saturated carbocycles. The number of carbonyl (C=O) groups is 1. The largest absolute Gasteiger partial charge is 0.391 e. The highest BCUT2D eigenvalue weighted by Crippen LogP contribution is 2.20. The van der Waals surface area contributed by atoms with Crippen LogP contribution in [0.2, 0.25) is 5.02 Å². The van der Waals surface area contributed by atoms with Crippen LogP contribution in [0.15, 0.2) is 36.5 Å². The summed E-state index contributed by atoms with van der Waals surface area (Å²) in [6, 6.07) is 8.77. The van der Waals surface area contributed by atoms with Crippen molar-refractivity contribution in [3.63, 3.8) is 0 Å². The molecule has 1 heterocycles. The number of nitrogens with one attached hydrogen (secondary N) is 1. The van der Waals surface area contributed by atoms with Gasteiger partial charge < -0.3 is 10.4 Å². The Morgan fingerprint density at radius 2 is 2.05 bits per heavy atom. The number of nitrogens with zero attached hydrogens (tertiary/aromatic N) is 2. The first-order chi connectivity index (χ1) is 10.6. The number of hydrogen-bond donors (Lipinski definition) is 2. The number of para-hydroxylation sites is 1. The SMILES string of the molecule is O=C(NC1CCCCC1O)c1ccn(-c2ccccc2Cl)n1.